The highest BCUT2D eigenvalue weighted by molar-refractivity contribution is 6.08. The number of para-hydroxylation sites is 1. The molecule has 1 unspecified atom stereocenters. The molecule has 144 valence electrons. The standard InChI is InChI=1S/C22H27N3O.ClH/c1-3-25-20-9-5-4-8-18(20)19-13-16(10-11-21(19)25)14-24-12-6-7-17(15-24)22(23)26-2;/h4-5,8-11,13,17,23H,3,6-7,12,14-15H2,1-2H3;1H. The molecule has 0 saturated carbocycles. The largest absolute Gasteiger partial charge is 0.484 e. The van der Waals surface area contributed by atoms with Gasteiger partial charge in [-0.1, -0.05) is 24.3 Å². The molecule has 0 radical (unpaired) electrons. The molecule has 1 atom stereocenters. The third kappa shape index (κ3) is 3.69. The van der Waals surface area contributed by atoms with E-state index in [4.69, 9.17) is 10.1 Å². The zero-order valence-corrected chi connectivity index (χ0v) is 16.9. The van der Waals surface area contributed by atoms with Crippen LogP contribution in [0.3, 0.4) is 0 Å². The van der Waals surface area contributed by atoms with E-state index in [0.29, 0.717) is 5.90 Å². The Morgan fingerprint density at radius 2 is 1.93 bits per heavy atom. The van der Waals surface area contributed by atoms with Crippen LogP contribution >= 0.6 is 12.4 Å². The van der Waals surface area contributed by atoms with E-state index >= 15 is 0 Å². The van der Waals surface area contributed by atoms with Gasteiger partial charge in [-0.15, -0.1) is 12.4 Å². The third-order valence-corrected chi connectivity index (χ3v) is 5.66. The maximum atomic E-state index is 7.97. The van der Waals surface area contributed by atoms with Crippen LogP contribution in [-0.2, 0) is 17.8 Å². The molecule has 2 aromatic carbocycles. The number of likely N-dealkylation sites (tertiary alicyclic amines) is 1. The van der Waals surface area contributed by atoms with Crippen molar-refractivity contribution < 1.29 is 4.74 Å². The van der Waals surface area contributed by atoms with Crippen molar-refractivity contribution in [3.8, 4) is 0 Å². The number of nitrogens with zero attached hydrogens (tertiary/aromatic N) is 2. The molecule has 1 saturated heterocycles. The van der Waals surface area contributed by atoms with E-state index in [1.165, 1.54) is 27.4 Å². The summed E-state index contributed by atoms with van der Waals surface area (Å²) >= 11 is 0. The van der Waals surface area contributed by atoms with E-state index in [-0.39, 0.29) is 18.3 Å². The molecule has 27 heavy (non-hydrogen) atoms. The van der Waals surface area contributed by atoms with Gasteiger partial charge in [0, 0.05) is 47.4 Å². The molecule has 1 aliphatic heterocycles. The van der Waals surface area contributed by atoms with Crippen molar-refractivity contribution in [1.29, 1.82) is 5.41 Å². The first-order valence-corrected chi connectivity index (χ1v) is 9.56. The molecular formula is C22H28ClN3O. The zero-order valence-electron chi connectivity index (χ0n) is 16.1. The molecule has 1 N–H and O–H groups in total. The average molecular weight is 386 g/mol. The van der Waals surface area contributed by atoms with Crippen LogP contribution in [0.15, 0.2) is 42.5 Å². The molecule has 1 aliphatic rings. The lowest BCUT2D eigenvalue weighted by molar-refractivity contribution is 0.181. The average Bonchev–Trinajstić information content (AvgIpc) is 3.00. The summed E-state index contributed by atoms with van der Waals surface area (Å²) in [5.74, 6) is 0.663. The van der Waals surface area contributed by atoms with Gasteiger partial charge in [0.2, 0.25) is 0 Å². The summed E-state index contributed by atoms with van der Waals surface area (Å²) in [4.78, 5) is 2.46. The molecule has 0 aliphatic carbocycles. The molecule has 5 heteroatoms. The van der Waals surface area contributed by atoms with Gasteiger partial charge in [-0.3, -0.25) is 10.3 Å². The van der Waals surface area contributed by atoms with Gasteiger partial charge < -0.3 is 9.30 Å². The van der Waals surface area contributed by atoms with Gasteiger partial charge in [-0.05, 0) is 50.1 Å². The fraction of sp³-hybridized carbons (Fsp3) is 0.409. The summed E-state index contributed by atoms with van der Waals surface area (Å²) in [6.45, 7) is 6.15. The highest BCUT2D eigenvalue weighted by Crippen LogP contribution is 2.30. The highest BCUT2D eigenvalue weighted by atomic mass is 35.5. The summed E-state index contributed by atoms with van der Waals surface area (Å²) in [5, 5.41) is 10.7. The van der Waals surface area contributed by atoms with Crippen LogP contribution in [-0.4, -0.2) is 35.6 Å². The van der Waals surface area contributed by atoms with Crippen LogP contribution in [0.2, 0.25) is 0 Å². The van der Waals surface area contributed by atoms with Crippen molar-refractivity contribution in [2.24, 2.45) is 5.92 Å². The fourth-order valence-corrected chi connectivity index (χ4v) is 4.38. The van der Waals surface area contributed by atoms with Crippen LogP contribution in [0.4, 0.5) is 0 Å². The second-order valence-corrected chi connectivity index (χ2v) is 7.26. The van der Waals surface area contributed by atoms with Crippen LogP contribution in [0.5, 0.6) is 0 Å². The number of benzene rings is 2. The molecular weight excluding hydrogens is 358 g/mol. The monoisotopic (exact) mass is 385 g/mol. The number of rotatable bonds is 4. The van der Waals surface area contributed by atoms with Gasteiger partial charge in [0.15, 0.2) is 5.90 Å². The topological polar surface area (TPSA) is 41.2 Å². The van der Waals surface area contributed by atoms with Crippen LogP contribution in [0, 0.1) is 11.3 Å². The van der Waals surface area contributed by atoms with Crippen molar-refractivity contribution in [2.75, 3.05) is 20.2 Å². The molecule has 0 bridgehead atoms. The zero-order chi connectivity index (χ0) is 18.1. The maximum absolute atomic E-state index is 7.97. The van der Waals surface area contributed by atoms with Crippen molar-refractivity contribution in [3.05, 3.63) is 48.0 Å². The minimum atomic E-state index is 0. The normalized spacial score (nSPS) is 17.8. The van der Waals surface area contributed by atoms with Gasteiger partial charge >= 0.3 is 0 Å². The van der Waals surface area contributed by atoms with Gasteiger partial charge in [-0.2, -0.15) is 0 Å². The SMILES string of the molecule is CCn1c2ccccc2c2cc(CN3CCCC(C(=N)OC)C3)ccc21.Cl. The lowest BCUT2D eigenvalue weighted by Gasteiger charge is -2.32. The lowest BCUT2D eigenvalue weighted by atomic mass is 9.97. The molecule has 4 nitrogen and oxygen atoms in total. The van der Waals surface area contributed by atoms with Gasteiger partial charge in [0.25, 0.3) is 0 Å². The first-order chi connectivity index (χ1) is 12.7. The van der Waals surface area contributed by atoms with E-state index in [1.54, 1.807) is 7.11 Å². The number of piperidine rings is 1. The number of fused-ring (bicyclic) bond motifs is 3. The molecule has 3 aromatic rings. The van der Waals surface area contributed by atoms with Crippen LogP contribution in [0.1, 0.15) is 25.3 Å². The number of ether oxygens (including phenoxy) is 1. The number of nitrogens with one attached hydrogen (secondary N) is 1. The number of hydrogen-bond acceptors (Lipinski definition) is 3. The number of halogens is 1. The molecule has 0 amide bonds. The van der Waals surface area contributed by atoms with Gasteiger partial charge in [0.05, 0.1) is 7.11 Å². The Kier molecular flexibility index (Phi) is 6.08. The minimum absolute atomic E-state index is 0. The molecule has 4 rings (SSSR count). The molecule has 1 fully saturated rings. The minimum Gasteiger partial charge on any atom is -0.484 e. The number of aromatic nitrogens is 1. The summed E-state index contributed by atoms with van der Waals surface area (Å²) in [6, 6.07) is 15.6. The number of hydrogen-bond donors (Lipinski definition) is 1. The van der Waals surface area contributed by atoms with Crippen molar-refractivity contribution in [3.63, 3.8) is 0 Å². The van der Waals surface area contributed by atoms with E-state index < -0.39 is 0 Å². The lowest BCUT2D eigenvalue weighted by Crippen LogP contribution is -2.38. The Balaban J connectivity index is 0.00000210. The summed E-state index contributed by atoms with van der Waals surface area (Å²) in [5.41, 5.74) is 3.98. The number of aryl methyl sites for hydroxylation is 1. The predicted molar refractivity (Wildman–Crippen MR) is 115 cm³/mol. The molecule has 1 aromatic heterocycles. The second kappa shape index (κ2) is 8.32. The smallest absolute Gasteiger partial charge is 0.184 e. The van der Waals surface area contributed by atoms with Gasteiger partial charge in [0.1, 0.15) is 0 Å². The Morgan fingerprint density at radius 3 is 2.70 bits per heavy atom. The van der Waals surface area contributed by atoms with E-state index in [1.807, 2.05) is 0 Å². The molecule has 0 spiro atoms. The second-order valence-electron chi connectivity index (χ2n) is 7.26. The Hall–Kier alpha value is -2.04. The fourth-order valence-electron chi connectivity index (χ4n) is 4.38. The predicted octanol–water partition coefficient (Wildman–Crippen LogP) is 5.07. The number of methoxy groups -OCH3 is 1. The van der Waals surface area contributed by atoms with Gasteiger partial charge in [-0.25, -0.2) is 0 Å². The van der Waals surface area contributed by atoms with E-state index in [2.05, 4.69) is 58.9 Å². The van der Waals surface area contributed by atoms with Crippen LogP contribution in [0.25, 0.3) is 21.8 Å². The van der Waals surface area contributed by atoms with Crippen LogP contribution < -0.4 is 0 Å². The first kappa shape index (κ1) is 19.7. The summed E-state index contributed by atoms with van der Waals surface area (Å²) in [7, 11) is 1.61. The quantitative estimate of drug-likeness (QED) is 0.503. The summed E-state index contributed by atoms with van der Waals surface area (Å²) in [6.07, 6.45) is 2.19. The summed E-state index contributed by atoms with van der Waals surface area (Å²) < 4.78 is 7.56. The van der Waals surface area contributed by atoms with Crippen molar-refractivity contribution in [1.82, 2.24) is 9.47 Å². The Bertz CT molecular complexity index is 949. The third-order valence-electron chi connectivity index (χ3n) is 5.66. The van der Waals surface area contributed by atoms with E-state index in [9.17, 15) is 0 Å². The Morgan fingerprint density at radius 1 is 1.15 bits per heavy atom. The maximum Gasteiger partial charge on any atom is 0.184 e. The molecule has 2 heterocycles. The highest BCUT2D eigenvalue weighted by Gasteiger charge is 2.24. The first-order valence-electron chi connectivity index (χ1n) is 9.56. The van der Waals surface area contributed by atoms with Crippen molar-refractivity contribution >= 4 is 40.1 Å². The Labute approximate surface area is 167 Å². The van der Waals surface area contributed by atoms with Crippen molar-refractivity contribution in [2.45, 2.75) is 32.9 Å². The van der Waals surface area contributed by atoms with E-state index in [0.717, 1.165) is 39.0 Å².